The summed E-state index contributed by atoms with van der Waals surface area (Å²) in [6, 6.07) is 13.3. The van der Waals surface area contributed by atoms with Gasteiger partial charge < -0.3 is 5.32 Å². The molecule has 0 radical (unpaired) electrons. The van der Waals surface area contributed by atoms with Crippen molar-refractivity contribution in [2.45, 2.75) is 13.8 Å². The van der Waals surface area contributed by atoms with Crippen LogP contribution in [0.15, 0.2) is 48.5 Å². The largest absolute Gasteiger partial charge is 0.319 e. The Morgan fingerprint density at radius 3 is 2.50 bits per heavy atom. The molecule has 0 atom stereocenters. The van der Waals surface area contributed by atoms with Gasteiger partial charge in [-0.05, 0) is 32.0 Å². The number of benzene rings is 2. The molecule has 0 saturated carbocycles. The first-order chi connectivity index (χ1) is 12.4. The number of carbonyl (C=O) groups is 1. The number of halogens is 1. The number of hydrogen-bond donors (Lipinski definition) is 1. The lowest BCUT2D eigenvalue weighted by molar-refractivity contribution is -0.384. The van der Waals surface area contributed by atoms with Crippen LogP contribution in [0.3, 0.4) is 0 Å². The minimum absolute atomic E-state index is 0.0162. The van der Waals surface area contributed by atoms with Crippen molar-refractivity contribution in [2.75, 3.05) is 5.32 Å². The van der Waals surface area contributed by atoms with Crippen LogP contribution in [-0.4, -0.2) is 20.6 Å². The first-order valence-electron chi connectivity index (χ1n) is 7.75. The Morgan fingerprint density at radius 1 is 1.19 bits per heavy atom. The van der Waals surface area contributed by atoms with E-state index in [1.54, 1.807) is 11.6 Å². The summed E-state index contributed by atoms with van der Waals surface area (Å²) in [5, 5.41) is 18.1. The van der Waals surface area contributed by atoms with Gasteiger partial charge in [-0.2, -0.15) is 5.10 Å². The number of carbonyl (C=O) groups excluding carboxylic acids is 1. The van der Waals surface area contributed by atoms with E-state index in [0.29, 0.717) is 11.4 Å². The van der Waals surface area contributed by atoms with Crippen molar-refractivity contribution in [1.29, 1.82) is 0 Å². The summed E-state index contributed by atoms with van der Waals surface area (Å²) in [5.74, 6) is -0.455. The molecule has 26 heavy (non-hydrogen) atoms. The number of nitro groups is 1. The van der Waals surface area contributed by atoms with Crippen molar-refractivity contribution < 1.29 is 9.72 Å². The molecule has 1 heterocycles. The summed E-state index contributed by atoms with van der Waals surface area (Å²) in [6.07, 6.45) is 0. The lowest BCUT2D eigenvalue weighted by Crippen LogP contribution is -2.14. The lowest BCUT2D eigenvalue weighted by Gasteiger charge is -2.08. The number of rotatable bonds is 4. The van der Waals surface area contributed by atoms with E-state index in [2.05, 4.69) is 10.4 Å². The monoisotopic (exact) mass is 370 g/mol. The van der Waals surface area contributed by atoms with Gasteiger partial charge in [0.15, 0.2) is 0 Å². The maximum atomic E-state index is 12.6. The molecule has 8 heteroatoms. The second-order valence-electron chi connectivity index (χ2n) is 5.67. The third-order valence-corrected chi connectivity index (χ3v) is 4.25. The second kappa shape index (κ2) is 6.97. The molecule has 0 aliphatic rings. The normalized spacial score (nSPS) is 10.6. The van der Waals surface area contributed by atoms with E-state index >= 15 is 0 Å². The van der Waals surface area contributed by atoms with E-state index < -0.39 is 10.8 Å². The Hall–Kier alpha value is -3.19. The fourth-order valence-electron chi connectivity index (χ4n) is 2.63. The molecule has 2 aromatic carbocycles. The number of para-hydroxylation sites is 1. The highest BCUT2D eigenvalue weighted by atomic mass is 35.5. The SMILES string of the molecule is Cc1nn(-c2ccccc2)c(C)c1NC(=O)c1ccc([N+](=O)[O-])cc1Cl. The minimum atomic E-state index is -0.564. The topological polar surface area (TPSA) is 90.1 Å². The van der Waals surface area contributed by atoms with Crippen LogP contribution in [0.4, 0.5) is 11.4 Å². The fourth-order valence-corrected chi connectivity index (χ4v) is 2.89. The highest BCUT2D eigenvalue weighted by molar-refractivity contribution is 6.34. The maximum Gasteiger partial charge on any atom is 0.270 e. The highest BCUT2D eigenvalue weighted by Gasteiger charge is 2.19. The van der Waals surface area contributed by atoms with Crippen molar-refractivity contribution in [2.24, 2.45) is 0 Å². The summed E-state index contributed by atoms with van der Waals surface area (Å²) in [5.41, 5.74) is 2.85. The van der Waals surface area contributed by atoms with Crippen molar-refractivity contribution in [3.05, 3.63) is 80.6 Å². The van der Waals surface area contributed by atoms with Crippen LogP contribution >= 0.6 is 11.6 Å². The van der Waals surface area contributed by atoms with E-state index in [1.165, 1.54) is 12.1 Å². The number of hydrogen-bond acceptors (Lipinski definition) is 4. The molecule has 0 bridgehead atoms. The highest BCUT2D eigenvalue weighted by Crippen LogP contribution is 2.26. The van der Waals surface area contributed by atoms with Crippen LogP contribution in [0.2, 0.25) is 5.02 Å². The Bertz CT molecular complexity index is 999. The average molecular weight is 371 g/mol. The summed E-state index contributed by atoms with van der Waals surface area (Å²) >= 11 is 6.03. The van der Waals surface area contributed by atoms with Gasteiger partial charge in [-0.25, -0.2) is 4.68 Å². The van der Waals surface area contributed by atoms with Gasteiger partial charge in [-0.15, -0.1) is 0 Å². The molecule has 3 aromatic rings. The van der Waals surface area contributed by atoms with Gasteiger partial charge in [-0.3, -0.25) is 14.9 Å². The van der Waals surface area contributed by atoms with Gasteiger partial charge in [-0.1, -0.05) is 29.8 Å². The Morgan fingerprint density at radius 2 is 1.88 bits per heavy atom. The standard InChI is InChI=1S/C18H15ClN4O3/c1-11-17(12(2)22(21-11)13-6-4-3-5-7-13)20-18(24)15-9-8-14(23(25)26)10-16(15)19/h3-10H,1-2H3,(H,20,24). The van der Waals surface area contributed by atoms with Gasteiger partial charge in [0.1, 0.15) is 0 Å². The minimum Gasteiger partial charge on any atom is -0.319 e. The molecule has 0 spiro atoms. The number of amides is 1. The summed E-state index contributed by atoms with van der Waals surface area (Å²) in [6.45, 7) is 3.64. The molecule has 1 aromatic heterocycles. The van der Waals surface area contributed by atoms with E-state index in [4.69, 9.17) is 11.6 Å². The molecule has 3 rings (SSSR count). The van der Waals surface area contributed by atoms with Crippen molar-refractivity contribution >= 4 is 28.9 Å². The number of aromatic nitrogens is 2. The van der Waals surface area contributed by atoms with Gasteiger partial charge in [0.25, 0.3) is 11.6 Å². The number of non-ortho nitro benzene ring substituents is 1. The van der Waals surface area contributed by atoms with Crippen LogP contribution in [0, 0.1) is 24.0 Å². The van der Waals surface area contributed by atoms with E-state index in [0.717, 1.165) is 17.4 Å². The molecular weight excluding hydrogens is 356 g/mol. The maximum absolute atomic E-state index is 12.6. The summed E-state index contributed by atoms with van der Waals surface area (Å²) < 4.78 is 1.74. The predicted molar refractivity (Wildman–Crippen MR) is 99.1 cm³/mol. The van der Waals surface area contributed by atoms with E-state index in [9.17, 15) is 14.9 Å². The van der Waals surface area contributed by atoms with Gasteiger partial charge in [0.05, 0.1) is 38.3 Å². The molecule has 0 aliphatic carbocycles. The summed E-state index contributed by atoms with van der Waals surface area (Å²) in [7, 11) is 0. The van der Waals surface area contributed by atoms with Gasteiger partial charge >= 0.3 is 0 Å². The van der Waals surface area contributed by atoms with Crippen molar-refractivity contribution in [3.8, 4) is 5.69 Å². The van der Waals surface area contributed by atoms with Crippen molar-refractivity contribution in [3.63, 3.8) is 0 Å². The molecule has 132 valence electrons. The number of nitrogens with one attached hydrogen (secondary N) is 1. The molecule has 1 N–H and O–H groups in total. The molecular formula is C18H15ClN4O3. The summed E-state index contributed by atoms with van der Waals surface area (Å²) in [4.78, 5) is 22.8. The van der Waals surface area contributed by atoms with Crippen molar-refractivity contribution in [1.82, 2.24) is 9.78 Å². The van der Waals surface area contributed by atoms with Crippen LogP contribution in [-0.2, 0) is 0 Å². The molecule has 0 saturated heterocycles. The van der Waals surface area contributed by atoms with Crippen LogP contribution < -0.4 is 5.32 Å². The molecule has 7 nitrogen and oxygen atoms in total. The first kappa shape index (κ1) is 17.6. The molecule has 0 unspecified atom stereocenters. The van der Waals surface area contributed by atoms with Gasteiger partial charge in [0.2, 0.25) is 0 Å². The Labute approximate surface area is 154 Å². The average Bonchev–Trinajstić information content (AvgIpc) is 2.90. The van der Waals surface area contributed by atoms with E-state index in [-0.39, 0.29) is 16.3 Å². The number of nitro benzene ring substituents is 1. The Balaban J connectivity index is 1.91. The number of nitrogens with zero attached hydrogens (tertiary/aromatic N) is 3. The van der Waals surface area contributed by atoms with Gasteiger partial charge in [0, 0.05) is 12.1 Å². The van der Waals surface area contributed by atoms with Crippen LogP contribution in [0.1, 0.15) is 21.7 Å². The van der Waals surface area contributed by atoms with Crippen LogP contribution in [0.5, 0.6) is 0 Å². The molecule has 1 amide bonds. The smallest absolute Gasteiger partial charge is 0.270 e. The van der Waals surface area contributed by atoms with Crippen LogP contribution in [0.25, 0.3) is 5.69 Å². The third kappa shape index (κ3) is 3.29. The predicted octanol–water partition coefficient (Wildman–Crippen LogP) is 4.30. The quantitative estimate of drug-likeness (QED) is 0.547. The number of anilines is 1. The van der Waals surface area contributed by atoms with E-state index in [1.807, 2.05) is 37.3 Å². The molecule has 0 fully saturated rings. The zero-order valence-electron chi connectivity index (χ0n) is 14.1. The first-order valence-corrected chi connectivity index (χ1v) is 8.13. The Kier molecular flexibility index (Phi) is 4.73. The lowest BCUT2D eigenvalue weighted by atomic mass is 10.2. The fraction of sp³-hybridized carbons (Fsp3) is 0.111. The zero-order valence-corrected chi connectivity index (χ0v) is 14.8. The number of aryl methyl sites for hydroxylation is 1. The molecule has 0 aliphatic heterocycles. The second-order valence-corrected chi connectivity index (χ2v) is 6.08. The third-order valence-electron chi connectivity index (χ3n) is 3.94. The zero-order chi connectivity index (χ0) is 18.8.